The van der Waals surface area contributed by atoms with Crippen molar-refractivity contribution in [2.75, 3.05) is 5.73 Å². The Morgan fingerprint density at radius 1 is 0.806 bits per heavy atom. The van der Waals surface area contributed by atoms with Crippen molar-refractivity contribution in [2.45, 2.75) is 19.6 Å². The van der Waals surface area contributed by atoms with E-state index in [0.29, 0.717) is 0 Å². The van der Waals surface area contributed by atoms with Crippen LogP contribution in [-0.4, -0.2) is 25.8 Å². The first kappa shape index (κ1) is 20.4. The molecule has 6 nitrogen and oxygen atoms in total. The van der Waals surface area contributed by atoms with Crippen molar-refractivity contribution >= 4 is 11.8 Å². The summed E-state index contributed by atoms with van der Waals surface area (Å²) in [4.78, 5) is 13.6. The summed E-state index contributed by atoms with van der Waals surface area (Å²) in [7, 11) is 0. The molecule has 0 atom stereocenters. The number of nitrogens with two attached hydrogens (primary N) is 1. The lowest BCUT2D eigenvalue weighted by Gasteiger charge is -2.23. The number of carboxylic acid groups (broad SMARTS) is 1. The van der Waals surface area contributed by atoms with E-state index >= 15 is 0 Å². The van der Waals surface area contributed by atoms with Gasteiger partial charge in [-0.1, -0.05) is 72.8 Å². The lowest BCUT2D eigenvalue weighted by Crippen LogP contribution is -2.22. The zero-order valence-electron chi connectivity index (χ0n) is 17.1. The summed E-state index contributed by atoms with van der Waals surface area (Å²) in [5, 5.41) is 13.3. The molecule has 3 aromatic carbocycles. The van der Waals surface area contributed by atoms with Crippen molar-refractivity contribution in [3.63, 3.8) is 0 Å². The Morgan fingerprint density at radius 3 is 1.74 bits per heavy atom. The maximum absolute atomic E-state index is 11.2. The summed E-state index contributed by atoms with van der Waals surface area (Å²) in [5.74, 6) is -0.965. The van der Waals surface area contributed by atoms with Gasteiger partial charge in [0.05, 0.1) is 11.9 Å². The number of aromatic nitrogens is 2. The molecule has 156 valence electrons. The van der Waals surface area contributed by atoms with Gasteiger partial charge in [0.25, 0.3) is 0 Å². The number of carbonyl (C=O) groups is 1. The first-order chi connectivity index (χ1) is 15.1. The summed E-state index contributed by atoms with van der Waals surface area (Å²) in [6.07, 6.45) is 1.27. The van der Waals surface area contributed by atoms with Crippen LogP contribution in [-0.2, 0) is 19.6 Å². The van der Waals surface area contributed by atoms with E-state index in [0.717, 1.165) is 30.9 Å². The number of nitrogen functional groups attached to an aromatic ring is 1. The van der Waals surface area contributed by atoms with Crippen LogP contribution < -0.4 is 5.73 Å². The number of carboxylic acids is 1. The van der Waals surface area contributed by atoms with Crippen molar-refractivity contribution in [2.24, 2.45) is 0 Å². The van der Waals surface area contributed by atoms with Gasteiger partial charge in [-0.15, -0.1) is 0 Å². The van der Waals surface area contributed by atoms with Gasteiger partial charge in [0.15, 0.2) is 0 Å². The maximum Gasteiger partial charge on any atom is 0.341 e. The topological polar surface area (TPSA) is 84.4 Å². The van der Waals surface area contributed by atoms with E-state index < -0.39 is 5.97 Å². The molecule has 0 aliphatic carbocycles. The van der Waals surface area contributed by atoms with E-state index in [4.69, 9.17) is 5.73 Å². The van der Waals surface area contributed by atoms with Crippen LogP contribution in [0.2, 0.25) is 0 Å². The molecule has 0 unspecified atom stereocenters. The molecule has 6 heteroatoms. The molecule has 4 rings (SSSR count). The van der Waals surface area contributed by atoms with Crippen LogP contribution >= 0.6 is 0 Å². The fraction of sp³-hybridized carbons (Fsp3) is 0.120. The number of nitrogens with zero attached hydrogens (tertiary/aromatic N) is 3. The minimum atomic E-state index is -1.09. The molecule has 0 aliphatic heterocycles. The van der Waals surface area contributed by atoms with Crippen molar-refractivity contribution in [1.82, 2.24) is 14.7 Å². The van der Waals surface area contributed by atoms with E-state index in [1.807, 2.05) is 36.4 Å². The highest BCUT2D eigenvalue weighted by Crippen LogP contribution is 2.19. The molecule has 0 spiro atoms. The number of benzene rings is 3. The number of hydrogen-bond donors (Lipinski definition) is 2. The maximum atomic E-state index is 11.2. The molecule has 0 amide bonds. The van der Waals surface area contributed by atoms with E-state index in [1.54, 1.807) is 0 Å². The lowest BCUT2D eigenvalue weighted by molar-refractivity contribution is 0.0698. The molecular weight excluding hydrogens is 388 g/mol. The third-order valence-corrected chi connectivity index (χ3v) is 5.12. The predicted molar refractivity (Wildman–Crippen MR) is 121 cm³/mol. The summed E-state index contributed by atoms with van der Waals surface area (Å²) < 4.78 is 1.44. The first-order valence-corrected chi connectivity index (χ1v) is 10.1. The van der Waals surface area contributed by atoms with Crippen LogP contribution in [0.4, 0.5) is 5.82 Å². The number of rotatable bonds is 8. The molecule has 0 radical (unpaired) electrons. The Hall–Kier alpha value is -3.90. The van der Waals surface area contributed by atoms with E-state index in [-0.39, 0.29) is 11.4 Å². The molecule has 31 heavy (non-hydrogen) atoms. The minimum Gasteiger partial charge on any atom is -0.477 e. The fourth-order valence-electron chi connectivity index (χ4n) is 3.58. The van der Waals surface area contributed by atoms with Crippen LogP contribution in [0.1, 0.15) is 27.0 Å². The molecule has 4 aromatic rings. The Bertz CT molecular complexity index is 1100. The van der Waals surface area contributed by atoms with Crippen LogP contribution in [0.25, 0.3) is 5.69 Å². The second-order valence-corrected chi connectivity index (χ2v) is 7.44. The monoisotopic (exact) mass is 412 g/mol. The smallest absolute Gasteiger partial charge is 0.341 e. The highest BCUT2D eigenvalue weighted by Gasteiger charge is 2.15. The fourth-order valence-corrected chi connectivity index (χ4v) is 3.58. The molecule has 1 heterocycles. The number of anilines is 1. The third-order valence-electron chi connectivity index (χ3n) is 5.12. The largest absolute Gasteiger partial charge is 0.477 e. The van der Waals surface area contributed by atoms with Gasteiger partial charge in [-0.05, 0) is 28.8 Å². The average molecular weight is 412 g/mol. The molecular formula is C25H24N4O2. The normalized spacial score (nSPS) is 11.0. The standard InChI is InChI=1S/C25H24N4O2/c26-24-23(25(30)31)15-27-29(24)22-13-11-21(12-14-22)18-28(16-19-7-3-1-4-8-19)17-20-9-5-2-6-10-20/h1-15H,16-18,26H2,(H,30,31). The van der Waals surface area contributed by atoms with Gasteiger partial charge in [-0.25, -0.2) is 9.48 Å². The summed E-state index contributed by atoms with van der Waals surface area (Å²) >= 11 is 0. The van der Waals surface area contributed by atoms with E-state index in [9.17, 15) is 9.90 Å². The van der Waals surface area contributed by atoms with E-state index in [2.05, 4.69) is 58.5 Å². The highest BCUT2D eigenvalue weighted by atomic mass is 16.4. The van der Waals surface area contributed by atoms with Crippen molar-refractivity contribution in [1.29, 1.82) is 0 Å². The van der Waals surface area contributed by atoms with Gasteiger partial charge in [-0.3, -0.25) is 4.90 Å². The quantitative estimate of drug-likeness (QED) is 0.449. The second-order valence-electron chi connectivity index (χ2n) is 7.44. The molecule has 0 saturated carbocycles. The Morgan fingerprint density at radius 2 is 1.29 bits per heavy atom. The van der Waals surface area contributed by atoms with Gasteiger partial charge in [0.1, 0.15) is 11.4 Å². The summed E-state index contributed by atoms with van der Waals surface area (Å²) in [6.45, 7) is 2.45. The average Bonchev–Trinajstić information content (AvgIpc) is 3.17. The second kappa shape index (κ2) is 9.28. The minimum absolute atomic E-state index is 0.000902. The molecule has 0 fully saturated rings. The van der Waals surface area contributed by atoms with Gasteiger partial charge in [0, 0.05) is 19.6 Å². The van der Waals surface area contributed by atoms with E-state index in [1.165, 1.54) is 22.0 Å². The first-order valence-electron chi connectivity index (χ1n) is 10.1. The third kappa shape index (κ3) is 4.99. The van der Waals surface area contributed by atoms with Gasteiger partial charge in [0.2, 0.25) is 0 Å². The van der Waals surface area contributed by atoms with Gasteiger partial charge >= 0.3 is 5.97 Å². The SMILES string of the molecule is Nc1c(C(=O)O)cnn1-c1ccc(CN(Cc2ccccc2)Cc2ccccc2)cc1. The number of hydrogen-bond acceptors (Lipinski definition) is 4. The van der Waals surface area contributed by atoms with Gasteiger partial charge in [-0.2, -0.15) is 5.10 Å². The lowest BCUT2D eigenvalue weighted by atomic mass is 10.1. The van der Waals surface area contributed by atoms with Crippen molar-refractivity contribution in [3.05, 3.63) is 113 Å². The molecule has 0 bridgehead atoms. The Kier molecular flexibility index (Phi) is 6.10. The van der Waals surface area contributed by atoms with Crippen LogP contribution in [0.3, 0.4) is 0 Å². The molecule has 1 aromatic heterocycles. The Labute approximate surface area is 181 Å². The number of aromatic carboxylic acids is 1. The molecule has 3 N–H and O–H groups in total. The van der Waals surface area contributed by atoms with Gasteiger partial charge < -0.3 is 10.8 Å². The highest BCUT2D eigenvalue weighted by molar-refractivity contribution is 5.92. The molecule has 0 saturated heterocycles. The zero-order valence-corrected chi connectivity index (χ0v) is 17.1. The summed E-state index contributed by atoms with van der Waals surface area (Å²) in [5.41, 5.74) is 10.3. The molecule has 0 aliphatic rings. The van der Waals surface area contributed by atoms with Crippen molar-refractivity contribution < 1.29 is 9.90 Å². The van der Waals surface area contributed by atoms with Crippen molar-refractivity contribution in [3.8, 4) is 5.69 Å². The predicted octanol–water partition coefficient (Wildman–Crippen LogP) is 4.36. The Balaban J connectivity index is 1.53. The zero-order chi connectivity index (χ0) is 21.6. The van der Waals surface area contributed by atoms with Crippen LogP contribution in [0.5, 0.6) is 0 Å². The van der Waals surface area contributed by atoms with Crippen LogP contribution in [0, 0.1) is 0 Å². The van der Waals surface area contributed by atoms with Crippen LogP contribution in [0.15, 0.2) is 91.1 Å². The summed E-state index contributed by atoms with van der Waals surface area (Å²) in [6, 6.07) is 28.7.